The summed E-state index contributed by atoms with van der Waals surface area (Å²) >= 11 is 5.79. The summed E-state index contributed by atoms with van der Waals surface area (Å²) < 4.78 is 27.0. The average Bonchev–Trinajstić information content (AvgIpc) is 3.04. The van der Waals surface area contributed by atoms with Crippen molar-refractivity contribution in [1.82, 2.24) is 19.4 Å². The Hall–Kier alpha value is -1.68. The lowest BCUT2D eigenvalue weighted by molar-refractivity contribution is -0.135. The quantitative estimate of drug-likeness (QED) is 0.653. The number of rotatable bonds is 7. The number of hydrogen-bond acceptors (Lipinski definition) is 5. The van der Waals surface area contributed by atoms with Crippen molar-refractivity contribution >= 4 is 33.4 Å². The number of carbonyl (C=O) groups excluding carboxylic acids is 2. The minimum atomic E-state index is -3.67. The van der Waals surface area contributed by atoms with Gasteiger partial charge >= 0.3 is 0 Å². The predicted octanol–water partition coefficient (Wildman–Crippen LogP) is 1.56. The third kappa shape index (κ3) is 7.17. The summed E-state index contributed by atoms with van der Waals surface area (Å²) in [6.45, 7) is 4.56. The zero-order chi connectivity index (χ0) is 22.3. The number of piperazine rings is 1. The highest BCUT2D eigenvalue weighted by Crippen LogP contribution is 2.14. The van der Waals surface area contributed by atoms with Gasteiger partial charge in [0.25, 0.3) is 0 Å². The summed E-state index contributed by atoms with van der Waals surface area (Å²) in [5.41, 5.74) is 0. The van der Waals surface area contributed by atoms with Crippen LogP contribution in [-0.2, 0) is 19.6 Å². The van der Waals surface area contributed by atoms with E-state index in [9.17, 15) is 18.0 Å². The van der Waals surface area contributed by atoms with Crippen LogP contribution in [-0.4, -0.2) is 87.3 Å². The van der Waals surface area contributed by atoms with Crippen molar-refractivity contribution < 1.29 is 18.0 Å². The second-order valence-electron chi connectivity index (χ2n) is 8.05. The fourth-order valence-electron chi connectivity index (χ4n) is 3.91. The summed E-state index contributed by atoms with van der Waals surface area (Å²) in [4.78, 5) is 30.9. The smallest absolute Gasteiger partial charge is 0.240 e. The Balaban J connectivity index is 1.38. The lowest BCUT2D eigenvalue weighted by atomic mass is 10.2. The number of amides is 2. The fraction of sp³-hybridized carbons (Fsp3) is 0.619. The molecule has 0 spiro atoms. The third-order valence-electron chi connectivity index (χ3n) is 5.80. The van der Waals surface area contributed by atoms with Crippen LogP contribution in [0.1, 0.15) is 32.1 Å². The van der Waals surface area contributed by atoms with Gasteiger partial charge in [-0.3, -0.25) is 14.5 Å². The second-order valence-corrected chi connectivity index (χ2v) is 10.3. The molecule has 0 aromatic heterocycles. The maximum Gasteiger partial charge on any atom is 0.240 e. The molecule has 0 atom stereocenters. The first-order chi connectivity index (χ1) is 14.8. The fourth-order valence-corrected chi connectivity index (χ4v) is 5.07. The minimum absolute atomic E-state index is 0.0391. The summed E-state index contributed by atoms with van der Waals surface area (Å²) in [6, 6.07) is 5.88. The van der Waals surface area contributed by atoms with E-state index < -0.39 is 10.0 Å². The van der Waals surface area contributed by atoms with E-state index in [2.05, 4.69) is 9.62 Å². The first-order valence-electron chi connectivity index (χ1n) is 10.9. The first kappa shape index (κ1) is 24.0. The number of halogens is 1. The highest BCUT2D eigenvalue weighted by atomic mass is 35.5. The Morgan fingerprint density at radius 2 is 1.42 bits per heavy atom. The van der Waals surface area contributed by atoms with Crippen LogP contribution in [0.5, 0.6) is 0 Å². The van der Waals surface area contributed by atoms with Gasteiger partial charge in [0, 0.05) is 57.3 Å². The van der Waals surface area contributed by atoms with Crippen molar-refractivity contribution in [3.63, 3.8) is 0 Å². The summed E-state index contributed by atoms with van der Waals surface area (Å²) in [6.07, 6.45) is 4.64. The molecule has 2 aliphatic rings. The van der Waals surface area contributed by atoms with E-state index in [1.807, 2.05) is 4.90 Å². The molecule has 8 nitrogen and oxygen atoms in total. The van der Waals surface area contributed by atoms with Crippen LogP contribution >= 0.6 is 11.6 Å². The lowest BCUT2D eigenvalue weighted by Crippen LogP contribution is -2.52. The molecule has 2 fully saturated rings. The first-order valence-corrected chi connectivity index (χ1v) is 12.7. The van der Waals surface area contributed by atoms with Crippen molar-refractivity contribution in [2.75, 3.05) is 52.4 Å². The molecule has 2 heterocycles. The molecular formula is C21H31ClN4O4S. The van der Waals surface area contributed by atoms with E-state index in [1.54, 1.807) is 4.90 Å². The zero-order valence-corrected chi connectivity index (χ0v) is 19.3. The van der Waals surface area contributed by atoms with Gasteiger partial charge in [-0.1, -0.05) is 24.4 Å². The molecule has 1 aromatic rings. The van der Waals surface area contributed by atoms with Gasteiger partial charge in [0.1, 0.15) is 0 Å². The van der Waals surface area contributed by atoms with Crippen LogP contribution in [0, 0.1) is 0 Å². The monoisotopic (exact) mass is 470 g/mol. The van der Waals surface area contributed by atoms with Crippen molar-refractivity contribution in [1.29, 1.82) is 0 Å². The SMILES string of the molecule is O=C(CCNS(=O)(=O)c1ccc(Cl)cc1)N1CCN(CC(=O)N2CCCCCC2)CC1. The summed E-state index contributed by atoms with van der Waals surface area (Å²) in [7, 11) is -3.67. The minimum Gasteiger partial charge on any atom is -0.342 e. The molecule has 2 amide bonds. The van der Waals surface area contributed by atoms with Crippen molar-refractivity contribution in [3.05, 3.63) is 29.3 Å². The van der Waals surface area contributed by atoms with E-state index in [0.29, 0.717) is 37.7 Å². The van der Waals surface area contributed by atoms with Crippen molar-refractivity contribution in [2.24, 2.45) is 0 Å². The number of hydrogen-bond donors (Lipinski definition) is 1. The van der Waals surface area contributed by atoms with E-state index in [-0.39, 0.29) is 29.7 Å². The number of nitrogens with one attached hydrogen (secondary N) is 1. The summed E-state index contributed by atoms with van der Waals surface area (Å²) in [5.74, 6) is 0.0931. The van der Waals surface area contributed by atoms with E-state index >= 15 is 0 Å². The number of benzene rings is 1. The third-order valence-corrected chi connectivity index (χ3v) is 7.53. The lowest BCUT2D eigenvalue weighted by Gasteiger charge is -2.35. The Bertz CT molecular complexity index is 847. The number of carbonyl (C=O) groups is 2. The zero-order valence-electron chi connectivity index (χ0n) is 17.8. The van der Waals surface area contributed by atoms with Gasteiger partial charge in [-0.05, 0) is 37.1 Å². The molecule has 0 radical (unpaired) electrons. The highest BCUT2D eigenvalue weighted by molar-refractivity contribution is 7.89. The topological polar surface area (TPSA) is 90.0 Å². The van der Waals surface area contributed by atoms with Crippen LogP contribution in [0.15, 0.2) is 29.2 Å². The molecule has 3 rings (SSSR count). The van der Waals surface area contributed by atoms with Crippen molar-refractivity contribution in [2.45, 2.75) is 37.0 Å². The van der Waals surface area contributed by atoms with E-state index in [0.717, 1.165) is 25.9 Å². The molecule has 2 aliphatic heterocycles. The molecule has 1 N–H and O–H groups in total. The average molecular weight is 471 g/mol. The van der Waals surface area contributed by atoms with Crippen molar-refractivity contribution in [3.8, 4) is 0 Å². The van der Waals surface area contributed by atoms with Crippen LogP contribution in [0.2, 0.25) is 5.02 Å². The molecule has 31 heavy (non-hydrogen) atoms. The maximum atomic E-state index is 12.5. The number of likely N-dealkylation sites (tertiary alicyclic amines) is 1. The van der Waals surface area contributed by atoms with E-state index in [4.69, 9.17) is 11.6 Å². The van der Waals surface area contributed by atoms with Crippen LogP contribution in [0.4, 0.5) is 0 Å². The number of nitrogens with zero attached hydrogens (tertiary/aromatic N) is 3. The van der Waals surface area contributed by atoms with Crippen LogP contribution in [0.3, 0.4) is 0 Å². The number of sulfonamides is 1. The summed E-state index contributed by atoms with van der Waals surface area (Å²) in [5, 5.41) is 0.460. The van der Waals surface area contributed by atoms with Gasteiger partial charge in [-0.25, -0.2) is 13.1 Å². The standard InChI is InChI=1S/C21H31ClN4O4S/c22-18-5-7-19(8-6-18)31(29,30)23-10-9-20(27)26-15-13-24(14-16-26)17-21(28)25-11-3-1-2-4-12-25/h5-8,23H,1-4,9-17H2. The van der Waals surface area contributed by atoms with Gasteiger partial charge in [0.2, 0.25) is 21.8 Å². The largest absolute Gasteiger partial charge is 0.342 e. The van der Waals surface area contributed by atoms with Gasteiger partial charge in [-0.15, -0.1) is 0 Å². The Labute approximate surface area is 189 Å². The van der Waals surface area contributed by atoms with Gasteiger partial charge in [0.15, 0.2) is 0 Å². The maximum absolute atomic E-state index is 12.5. The van der Waals surface area contributed by atoms with E-state index in [1.165, 1.54) is 37.1 Å². The molecule has 10 heteroatoms. The Kier molecular flexibility index (Phi) is 8.71. The second kappa shape index (κ2) is 11.3. The van der Waals surface area contributed by atoms with Crippen LogP contribution < -0.4 is 4.72 Å². The Morgan fingerprint density at radius 1 is 0.839 bits per heavy atom. The van der Waals surface area contributed by atoms with Gasteiger partial charge < -0.3 is 9.80 Å². The molecule has 0 bridgehead atoms. The van der Waals surface area contributed by atoms with Gasteiger partial charge in [-0.2, -0.15) is 0 Å². The predicted molar refractivity (Wildman–Crippen MR) is 119 cm³/mol. The normalized spacial score (nSPS) is 18.6. The molecule has 172 valence electrons. The van der Waals surface area contributed by atoms with Gasteiger partial charge in [0.05, 0.1) is 11.4 Å². The Morgan fingerprint density at radius 3 is 2.03 bits per heavy atom. The molecule has 0 aliphatic carbocycles. The molecule has 0 saturated carbocycles. The molecule has 1 aromatic carbocycles. The van der Waals surface area contributed by atoms with Crippen LogP contribution in [0.25, 0.3) is 0 Å². The molecule has 2 saturated heterocycles. The molecular weight excluding hydrogens is 440 g/mol. The molecule has 0 unspecified atom stereocenters. The highest BCUT2D eigenvalue weighted by Gasteiger charge is 2.24.